The molecule has 1 unspecified atom stereocenters. The molecule has 0 radical (unpaired) electrons. The number of anilines is 3. The molecule has 5 rings (SSSR count). The van der Waals surface area contributed by atoms with Crippen molar-refractivity contribution in [2.45, 2.75) is 64.6 Å². The molecule has 3 aromatic rings. The normalized spacial score (nSPS) is 21.4. The van der Waals surface area contributed by atoms with E-state index in [1.54, 1.807) is 13.3 Å². The molecule has 2 aliphatic heterocycles. The van der Waals surface area contributed by atoms with E-state index in [0.717, 1.165) is 42.3 Å². The largest absolute Gasteiger partial charge is 0.496 e. The minimum atomic E-state index is -0.181. The Morgan fingerprint density at radius 2 is 2.00 bits per heavy atom. The van der Waals surface area contributed by atoms with Crippen LogP contribution in [0.5, 0.6) is 5.75 Å². The zero-order valence-corrected chi connectivity index (χ0v) is 20.7. The van der Waals surface area contributed by atoms with E-state index in [4.69, 9.17) is 14.5 Å². The summed E-state index contributed by atoms with van der Waals surface area (Å²) in [7, 11) is 1.65. The molecular weight excluding hydrogens is 446 g/mol. The molecule has 2 fully saturated rings. The minimum Gasteiger partial charge on any atom is -0.496 e. The molecule has 3 aromatic heterocycles. The van der Waals surface area contributed by atoms with Crippen LogP contribution >= 0.6 is 0 Å². The predicted molar refractivity (Wildman–Crippen MR) is 134 cm³/mol. The average molecular weight is 480 g/mol. The fourth-order valence-electron chi connectivity index (χ4n) is 5.20. The molecule has 10 nitrogen and oxygen atoms in total. The number of H-pyrrole nitrogens is 1. The van der Waals surface area contributed by atoms with Crippen LogP contribution in [0.15, 0.2) is 24.4 Å². The third-order valence-electron chi connectivity index (χ3n) is 6.69. The Hall–Kier alpha value is -3.56. The van der Waals surface area contributed by atoms with Crippen molar-refractivity contribution in [1.29, 1.82) is 0 Å². The first-order valence-electron chi connectivity index (χ1n) is 12.3. The Morgan fingerprint density at radius 1 is 1.23 bits per heavy atom. The number of hydrogen-bond donors (Lipinski definition) is 3. The van der Waals surface area contributed by atoms with Crippen molar-refractivity contribution in [3.8, 4) is 5.75 Å². The van der Waals surface area contributed by atoms with Gasteiger partial charge in [0, 0.05) is 42.1 Å². The van der Waals surface area contributed by atoms with Crippen LogP contribution in [-0.2, 0) is 4.74 Å². The fourth-order valence-corrected chi connectivity index (χ4v) is 5.20. The number of piperidine rings is 1. The predicted octanol–water partition coefficient (Wildman–Crippen LogP) is 4.61. The third kappa shape index (κ3) is 4.82. The maximum Gasteiger partial charge on any atom is 0.410 e. The number of ether oxygens (including phenoxy) is 2. The highest BCUT2D eigenvalue weighted by molar-refractivity contribution is 5.96. The summed E-state index contributed by atoms with van der Waals surface area (Å²) >= 11 is 0. The van der Waals surface area contributed by atoms with E-state index in [-0.39, 0.29) is 24.2 Å². The molecule has 186 valence electrons. The van der Waals surface area contributed by atoms with Crippen molar-refractivity contribution < 1.29 is 14.3 Å². The number of pyridine rings is 2. The maximum atomic E-state index is 12.7. The van der Waals surface area contributed by atoms with Crippen molar-refractivity contribution in [1.82, 2.24) is 25.1 Å². The van der Waals surface area contributed by atoms with Gasteiger partial charge in [-0.15, -0.1) is 0 Å². The first-order chi connectivity index (χ1) is 16.9. The molecule has 0 spiro atoms. The molecule has 2 aliphatic rings. The zero-order chi connectivity index (χ0) is 24.5. The van der Waals surface area contributed by atoms with Gasteiger partial charge in [-0.3, -0.25) is 10.1 Å². The number of fused-ring (bicyclic) bond motifs is 3. The summed E-state index contributed by atoms with van der Waals surface area (Å²) in [6, 6.07) is 6.17. The van der Waals surface area contributed by atoms with Crippen LogP contribution < -0.4 is 15.4 Å². The summed E-state index contributed by atoms with van der Waals surface area (Å²) < 4.78 is 11.2. The summed E-state index contributed by atoms with van der Waals surface area (Å²) in [6.45, 7) is 6.50. The van der Waals surface area contributed by atoms with E-state index in [1.165, 1.54) is 0 Å². The quantitative estimate of drug-likeness (QED) is 0.450. The lowest BCUT2D eigenvalue weighted by Crippen LogP contribution is -2.50. The average Bonchev–Trinajstić information content (AvgIpc) is 3.36. The van der Waals surface area contributed by atoms with E-state index in [2.05, 4.69) is 39.7 Å². The molecule has 0 saturated carbocycles. The van der Waals surface area contributed by atoms with Gasteiger partial charge in [-0.05, 0) is 44.6 Å². The molecule has 0 aromatic carbocycles. The van der Waals surface area contributed by atoms with Crippen molar-refractivity contribution in [2.24, 2.45) is 5.92 Å². The summed E-state index contributed by atoms with van der Waals surface area (Å²) in [6.07, 6.45) is 5.23. The van der Waals surface area contributed by atoms with Crippen LogP contribution in [0.3, 0.4) is 0 Å². The molecule has 0 aliphatic carbocycles. The standard InChI is InChI=1S/C25H33N7O3/c1-14(2)13-35-25(33)32-17-5-6-18(32)11-16(10-17)27-24-23-19(26-8-7-20(23)34-4)12-21(29-24)28-22-9-15(3)30-31-22/h7-9,12,14,16-18H,5-6,10-11,13H2,1-4H3,(H3,27,28,29,30,31)/t16?,17-,18+. The Morgan fingerprint density at radius 3 is 2.66 bits per heavy atom. The second-order valence-electron chi connectivity index (χ2n) is 9.90. The lowest BCUT2D eigenvalue weighted by molar-refractivity contribution is 0.0603. The SMILES string of the molecule is COc1ccnc2cc(Nc3cc(C)[nH]n3)nc(NC3C[C@H]4CC[C@@H](C3)N4C(=O)OCC(C)C)c12. The molecule has 3 N–H and O–H groups in total. The van der Waals surface area contributed by atoms with E-state index < -0.39 is 0 Å². The number of rotatable bonds is 7. The van der Waals surface area contributed by atoms with Gasteiger partial charge in [-0.1, -0.05) is 13.8 Å². The van der Waals surface area contributed by atoms with Crippen molar-refractivity contribution in [3.05, 3.63) is 30.1 Å². The highest BCUT2D eigenvalue weighted by Gasteiger charge is 2.44. The molecule has 3 atom stereocenters. The van der Waals surface area contributed by atoms with E-state index in [1.807, 2.05) is 30.0 Å². The third-order valence-corrected chi connectivity index (χ3v) is 6.69. The smallest absolute Gasteiger partial charge is 0.410 e. The van der Waals surface area contributed by atoms with Gasteiger partial charge in [0.05, 0.1) is 24.6 Å². The number of hydrogen-bond acceptors (Lipinski definition) is 8. The fraction of sp³-hybridized carbons (Fsp3) is 0.520. The van der Waals surface area contributed by atoms with Crippen molar-refractivity contribution in [2.75, 3.05) is 24.4 Å². The van der Waals surface area contributed by atoms with Crippen LogP contribution in [0.1, 0.15) is 45.2 Å². The molecule has 2 bridgehead atoms. The molecule has 5 heterocycles. The Kier molecular flexibility index (Phi) is 6.36. The first-order valence-corrected chi connectivity index (χ1v) is 12.3. The van der Waals surface area contributed by atoms with Crippen LogP contribution in [0, 0.1) is 12.8 Å². The topological polar surface area (TPSA) is 117 Å². The Labute approximate surface area is 204 Å². The van der Waals surface area contributed by atoms with Gasteiger partial charge in [0.2, 0.25) is 0 Å². The van der Waals surface area contributed by atoms with Crippen molar-refractivity contribution in [3.63, 3.8) is 0 Å². The van der Waals surface area contributed by atoms with Gasteiger partial charge in [0.25, 0.3) is 0 Å². The highest BCUT2D eigenvalue weighted by atomic mass is 16.6. The number of carbonyl (C=O) groups excluding carboxylic acids is 1. The van der Waals surface area contributed by atoms with Gasteiger partial charge in [0.15, 0.2) is 5.82 Å². The summed E-state index contributed by atoms with van der Waals surface area (Å²) in [4.78, 5) is 24.1. The van der Waals surface area contributed by atoms with E-state index in [9.17, 15) is 4.79 Å². The molecule has 1 amide bonds. The van der Waals surface area contributed by atoms with Crippen LogP contribution in [0.25, 0.3) is 10.9 Å². The molecule has 10 heteroatoms. The number of methoxy groups -OCH3 is 1. The molecular formula is C25H33N7O3. The summed E-state index contributed by atoms with van der Waals surface area (Å²) in [5.41, 5.74) is 1.73. The first kappa shape index (κ1) is 23.2. The Balaban J connectivity index is 1.39. The van der Waals surface area contributed by atoms with Crippen molar-refractivity contribution >= 4 is 34.4 Å². The number of nitrogens with zero attached hydrogens (tertiary/aromatic N) is 4. The Bertz CT molecular complexity index is 1200. The van der Waals surface area contributed by atoms with Crippen LogP contribution in [-0.4, -0.2) is 63.0 Å². The van der Waals surface area contributed by atoms with Gasteiger partial charge < -0.3 is 25.0 Å². The van der Waals surface area contributed by atoms with Gasteiger partial charge in [-0.2, -0.15) is 5.10 Å². The number of aromatic nitrogens is 4. The minimum absolute atomic E-state index is 0.171. The lowest BCUT2D eigenvalue weighted by Gasteiger charge is -2.38. The maximum absolute atomic E-state index is 12.7. The number of aryl methyl sites for hydroxylation is 1. The van der Waals surface area contributed by atoms with Gasteiger partial charge in [-0.25, -0.2) is 9.78 Å². The summed E-state index contributed by atoms with van der Waals surface area (Å²) in [5.74, 6) is 3.08. The van der Waals surface area contributed by atoms with Crippen LogP contribution in [0.4, 0.5) is 22.2 Å². The molecule has 35 heavy (non-hydrogen) atoms. The lowest BCUT2D eigenvalue weighted by atomic mass is 9.97. The number of aromatic amines is 1. The van der Waals surface area contributed by atoms with Crippen LogP contribution in [0.2, 0.25) is 0 Å². The summed E-state index contributed by atoms with van der Waals surface area (Å²) in [5, 5.41) is 15.0. The number of amides is 1. The van der Waals surface area contributed by atoms with E-state index in [0.29, 0.717) is 35.7 Å². The van der Waals surface area contributed by atoms with Gasteiger partial charge >= 0.3 is 6.09 Å². The van der Waals surface area contributed by atoms with E-state index >= 15 is 0 Å². The van der Waals surface area contributed by atoms with Gasteiger partial charge in [0.1, 0.15) is 17.4 Å². The number of nitrogens with one attached hydrogen (secondary N) is 3. The zero-order valence-electron chi connectivity index (χ0n) is 20.7. The second kappa shape index (κ2) is 9.59. The highest BCUT2D eigenvalue weighted by Crippen LogP contribution is 2.39. The number of carbonyl (C=O) groups is 1. The molecule has 2 saturated heterocycles. The second-order valence-corrected chi connectivity index (χ2v) is 9.90. The monoisotopic (exact) mass is 479 g/mol.